The summed E-state index contributed by atoms with van der Waals surface area (Å²) in [6, 6.07) is 15.1. The molecule has 7 nitrogen and oxygen atoms in total. The molecule has 0 aliphatic carbocycles. The first-order valence-corrected chi connectivity index (χ1v) is 12.1. The normalized spacial score (nSPS) is 15.6. The molecule has 0 amide bonds. The first kappa shape index (κ1) is 21.8. The summed E-state index contributed by atoms with van der Waals surface area (Å²) in [5.74, 6) is 1.80. The van der Waals surface area contributed by atoms with Crippen molar-refractivity contribution < 1.29 is 14.0 Å². The van der Waals surface area contributed by atoms with Crippen LogP contribution in [0, 0.1) is 19.8 Å². The topological polar surface area (TPSA) is 75.2 Å². The van der Waals surface area contributed by atoms with Crippen LogP contribution >= 0.6 is 0 Å². The van der Waals surface area contributed by atoms with Crippen molar-refractivity contribution in [3.63, 3.8) is 0 Å². The smallest absolute Gasteiger partial charge is 0.213 e. The standard InChI is InChI=1S/C28H28N4O3/c1-17-26(18(2)35-31-17)21-13-23-27(30-15-21)22-14-25(33-3)29-16-24(22)32(23)28(19-7-5-4-6-8-19)20-9-11-34-12-10-20/h4-8,13-16,20,28H,9-12H2,1-3H3. The number of aryl methyl sites for hydroxylation is 2. The fraction of sp³-hybridized carbons (Fsp3) is 0.321. The third kappa shape index (κ3) is 3.67. The van der Waals surface area contributed by atoms with Gasteiger partial charge in [-0.3, -0.25) is 4.98 Å². The Balaban J connectivity index is 1.67. The van der Waals surface area contributed by atoms with Gasteiger partial charge in [-0.2, -0.15) is 0 Å². The molecule has 35 heavy (non-hydrogen) atoms. The van der Waals surface area contributed by atoms with Gasteiger partial charge in [0, 0.05) is 42.0 Å². The molecule has 0 spiro atoms. The maximum atomic E-state index is 5.73. The first-order chi connectivity index (χ1) is 17.2. The van der Waals surface area contributed by atoms with Gasteiger partial charge in [-0.15, -0.1) is 0 Å². The predicted molar refractivity (Wildman–Crippen MR) is 135 cm³/mol. The van der Waals surface area contributed by atoms with Crippen molar-refractivity contribution in [1.82, 2.24) is 19.7 Å². The van der Waals surface area contributed by atoms with Crippen LogP contribution in [0.15, 0.2) is 59.4 Å². The molecule has 0 saturated carbocycles. The summed E-state index contributed by atoms with van der Waals surface area (Å²) in [5.41, 5.74) is 7.17. The van der Waals surface area contributed by atoms with Crippen molar-refractivity contribution in [2.24, 2.45) is 5.92 Å². The largest absolute Gasteiger partial charge is 0.481 e. The summed E-state index contributed by atoms with van der Waals surface area (Å²) in [6.07, 6.45) is 5.83. The van der Waals surface area contributed by atoms with Gasteiger partial charge in [-0.1, -0.05) is 35.5 Å². The molecule has 1 aliphatic rings. The number of aromatic nitrogens is 4. The van der Waals surface area contributed by atoms with Gasteiger partial charge in [0.05, 0.1) is 41.6 Å². The average molecular weight is 469 g/mol. The van der Waals surface area contributed by atoms with E-state index in [2.05, 4.69) is 51.1 Å². The van der Waals surface area contributed by atoms with Crippen molar-refractivity contribution in [2.75, 3.05) is 20.3 Å². The Morgan fingerprint density at radius 2 is 1.80 bits per heavy atom. The Morgan fingerprint density at radius 1 is 1.00 bits per heavy atom. The zero-order valence-corrected chi connectivity index (χ0v) is 20.2. The van der Waals surface area contributed by atoms with Crippen molar-refractivity contribution >= 4 is 21.9 Å². The molecular weight excluding hydrogens is 440 g/mol. The molecule has 4 aromatic heterocycles. The molecule has 1 saturated heterocycles. The van der Waals surface area contributed by atoms with Crippen molar-refractivity contribution in [2.45, 2.75) is 32.7 Å². The van der Waals surface area contributed by atoms with Crippen LogP contribution < -0.4 is 4.74 Å². The van der Waals surface area contributed by atoms with Crippen molar-refractivity contribution in [1.29, 1.82) is 0 Å². The molecule has 6 rings (SSSR count). The van der Waals surface area contributed by atoms with E-state index in [-0.39, 0.29) is 6.04 Å². The number of benzene rings is 1. The van der Waals surface area contributed by atoms with E-state index in [0.717, 1.165) is 70.6 Å². The minimum absolute atomic E-state index is 0.122. The maximum absolute atomic E-state index is 5.73. The van der Waals surface area contributed by atoms with Gasteiger partial charge in [0.25, 0.3) is 0 Å². The molecule has 0 bridgehead atoms. The second-order valence-corrected chi connectivity index (χ2v) is 9.21. The summed E-state index contributed by atoms with van der Waals surface area (Å²) < 4.78 is 19.1. The number of ether oxygens (including phenoxy) is 2. The third-order valence-electron chi connectivity index (χ3n) is 7.16. The molecule has 178 valence electrons. The van der Waals surface area contributed by atoms with Crippen LogP contribution in [0.4, 0.5) is 0 Å². The zero-order valence-electron chi connectivity index (χ0n) is 20.2. The van der Waals surface area contributed by atoms with E-state index in [1.165, 1.54) is 5.56 Å². The summed E-state index contributed by atoms with van der Waals surface area (Å²) in [4.78, 5) is 9.55. The van der Waals surface area contributed by atoms with Gasteiger partial charge in [0.15, 0.2) is 0 Å². The number of hydrogen-bond acceptors (Lipinski definition) is 6. The summed E-state index contributed by atoms with van der Waals surface area (Å²) >= 11 is 0. The fourth-order valence-electron chi connectivity index (χ4n) is 5.54. The van der Waals surface area contributed by atoms with Gasteiger partial charge in [0.1, 0.15) is 5.76 Å². The van der Waals surface area contributed by atoms with Crippen LogP contribution in [-0.2, 0) is 4.74 Å². The van der Waals surface area contributed by atoms with Crippen LogP contribution in [0.5, 0.6) is 5.88 Å². The molecule has 1 atom stereocenters. The minimum Gasteiger partial charge on any atom is -0.481 e. The molecule has 1 unspecified atom stereocenters. The maximum Gasteiger partial charge on any atom is 0.213 e. The van der Waals surface area contributed by atoms with Crippen molar-refractivity contribution in [3.05, 3.63) is 71.9 Å². The van der Waals surface area contributed by atoms with Crippen molar-refractivity contribution in [3.8, 4) is 17.0 Å². The number of nitrogens with zero attached hydrogens (tertiary/aromatic N) is 4. The second kappa shape index (κ2) is 8.82. The molecule has 1 aromatic carbocycles. The molecule has 1 aliphatic heterocycles. The number of methoxy groups -OCH3 is 1. The van der Waals surface area contributed by atoms with Crippen LogP contribution in [-0.4, -0.2) is 40.0 Å². The lowest BCUT2D eigenvalue weighted by molar-refractivity contribution is 0.0553. The van der Waals surface area contributed by atoms with E-state index in [1.807, 2.05) is 32.3 Å². The van der Waals surface area contributed by atoms with Crippen LogP contribution in [0.2, 0.25) is 0 Å². The molecule has 0 N–H and O–H groups in total. The van der Waals surface area contributed by atoms with E-state index in [0.29, 0.717) is 11.8 Å². The summed E-state index contributed by atoms with van der Waals surface area (Å²) in [5, 5.41) is 5.20. The second-order valence-electron chi connectivity index (χ2n) is 9.21. The minimum atomic E-state index is 0.122. The molecule has 7 heteroatoms. The molecule has 5 heterocycles. The van der Waals surface area contributed by atoms with E-state index >= 15 is 0 Å². The van der Waals surface area contributed by atoms with Gasteiger partial charge >= 0.3 is 0 Å². The first-order valence-electron chi connectivity index (χ1n) is 12.1. The highest BCUT2D eigenvalue weighted by Crippen LogP contribution is 2.41. The van der Waals surface area contributed by atoms with Gasteiger partial charge in [0.2, 0.25) is 5.88 Å². The van der Waals surface area contributed by atoms with Crippen LogP contribution in [0.25, 0.3) is 33.1 Å². The highest BCUT2D eigenvalue weighted by molar-refractivity contribution is 6.07. The Morgan fingerprint density at radius 3 is 2.51 bits per heavy atom. The van der Waals surface area contributed by atoms with Gasteiger partial charge < -0.3 is 18.6 Å². The lowest BCUT2D eigenvalue weighted by Gasteiger charge is -2.33. The van der Waals surface area contributed by atoms with E-state index in [1.54, 1.807) is 7.11 Å². The third-order valence-corrected chi connectivity index (χ3v) is 7.16. The highest BCUT2D eigenvalue weighted by Gasteiger charge is 2.30. The number of fused-ring (bicyclic) bond motifs is 3. The fourth-order valence-corrected chi connectivity index (χ4v) is 5.54. The summed E-state index contributed by atoms with van der Waals surface area (Å²) in [7, 11) is 1.64. The average Bonchev–Trinajstić information content (AvgIpc) is 3.41. The Bertz CT molecular complexity index is 1480. The van der Waals surface area contributed by atoms with Crippen LogP contribution in [0.3, 0.4) is 0 Å². The van der Waals surface area contributed by atoms with E-state index < -0.39 is 0 Å². The number of pyridine rings is 2. The molecule has 0 radical (unpaired) electrons. The monoisotopic (exact) mass is 468 g/mol. The van der Waals surface area contributed by atoms with Crippen LogP contribution in [0.1, 0.15) is 35.9 Å². The van der Waals surface area contributed by atoms with E-state index in [4.69, 9.17) is 19.0 Å². The lowest BCUT2D eigenvalue weighted by atomic mass is 9.86. The molecule has 1 fully saturated rings. The van der Waals surface area contributed by atoms with E-state index in [9.17, 15) is 0 Å². The lowest BCUT2D eigenvalue weighted by Crippen LogP contribution is -2.26. The SMILES string of the molecule is COc1cc2c3ncc(-c4c(C)noc4C)cc3n(C(c3ccccc3)C3CCOCC3)c2cn1. The Labute approximate surface area is 203 Å². The molecular formula is C28H28N4O3. The number of hydrogen-bond donors (Lipinski definition) is 0. The zero-order chi connectivity index (χ0) is 23.9. The predicted octanol–water partition coefficient (Wildman–Crippen LogP) is 5.88. The summed E-state index contributed by atoms with van der Waals surface area (Å²) in [6.45, 7) is 5.47. The highest BCUT2D eigenvalue weighted by atomic mass is 16.5. The van der Waals surface area contributed by atoms with Gasteiger partial charge in [-0.25, -0.2) is 4.98 Å². The quantitative estimate of drug-likeness (QED) is 0.321. The molecule has 5 aromatic rings. The Kier molecular flexibility index (Phi) is 5.49. The Hall–Kier alpha value is -3.71. The van der Waals surface area contributed by atoms with Gasteiger partial charge in [-0.05, 0) is 44.2 Å². The number of rotatable bonds is 5.